The first kappa shape index (κ1) is 45.4. The summed E-state index contributed by atoms with van der Waals surface area (Å²) >= 11 is 1.64. The number of hydrogen-bond donors (Lipinski definition) is 2. The largest absolute Gasteiger partial charge is 0.462 e. The van der Waals surface area contributed by atoms with Gasteiger partial charge in [-0.05, 0) is 109 Å². The lowest BCUT2D eigenvalue weighted by molar-refractivity contribution is -0.134. The first-order chi connectivity index (χ1) is 32.8. The molecule has 6 aliphatic rings. The van der Waals surface area contributed by atoms with Gasteiger partial charge in [0, 0.05) is 66.2 Å². The average molecular weight is 945 g/mol. The predicted octanol–water partition coefficient (Wildman–Crippen LogP) is 8.84. The quantitative estimate of drug-likeness (QED) is 0.142. The SMILES string of the molecule is COC(=O)N[C@H](C(=O)N1CCC[C@H]1C1=NC=C(c2cc(F)c3c(c2)OC(c2ncc(C4CC4)s2)n2c-3cc3cc(C4=CN=C([C@@H]5CCCN5C(=O)[C@@H](NC(=O)OC)C(C)C)C4)ccc32)C1)C(C)C. The molecule has 4 amide bonds. The molecule has 0 radical (unpaired) electrons. The third-order valence-electron chi connectivity index (χ3n) is 14.2. The maximum atomic E-state index is 16.9. The minimum Gasteiger partial charge on any atom is -0.462 e. The highest BCUT2D eigenvalue weighted by Gasteiger charge is 2.41. The number of aromatic nitrogens is 2. The van der Waals surface area contributed by atoms with Crippen molar-refractivity contribution in [3.63, 3.8) is 0 Å². The van der Waals surface area contributed by atoms with Crippen LogP contribution in [-0.4, -0.2) is 106 Å². The van der Waals surface area contributed by atoms with Crippen LogP contribution < -0.4 is 15.4 Å². The average Bonchev–Trinajstić information content (AvgIpc) is 4.05. The van der Waals surface area contributed by atoms with Crippen LogP contribution in [0.25, 0.3) is 33.3 Å². The number of methoxy groups -OCH3 is 2. The monoisotopic (exact) mass is 944 g/mol. The van der Waals surface area contributed by atoms with Crippen LogP contribution in [0.1, 0.15) is 112 Å². The van der Waals surface area contributed by atoms with Crippen LogP contribution >= 0.6 is 11.3 Å². The Labute approximate surface area is 398 Å². The van der Waals surface area contributed by atoms with Gasteiger partial charge in [-0.25, -0.2) is 19.0 Å². The number of ether oxygens (including phenoxy) is 3. The Balaban J connectivity index is 0.913. The molecule has 0 spiro atoms. The van der Waals surface area contributed by atoms with Crippen LogP contribution in [0.3, 0.4) is 0 Å². The topological polar surface area (TPSA) is 169 Å². The molecule has 2 aromatic heterocycles. The maximum absolute atomic E-state index is 16.9. The summed E-state index contributed by atoms with van der Waals surface area (Å²) in [6, 6.07) is 9.85. The van der Waals surface area contributed by atoms with E-state index in [0.717, 1.165) is 82.6 Å². The summed E-state index contributed by atoms with van der Waals surface area (Å²) in [7, 11) is 2.57. The van der Waals surface area contributed by atoms with E-state index in [1.54, 1.807) is 23.6 Å². The molecule has 2 saturated heterocycles. The molecule has 1 aliphatic carbocycles. The fourth-order valence-electron chi connectivity index (χ4n) is 10.5. The van der Waals surface area contributed by atoms with Gasteiger partial charge in [0.25, 0.3) is 0 Å². The summed E-state index contributed by atoms with van der Waals surface area (Å²) in [4.78, 5) is 71.4. The highest BCUT2D eigenvalue weighted by molar-refractivity contribution is 7.11. The van der Waals surface area contributed by atoms with Gasteiger partial charge < -0.3 is 34.6 Å². The van der Waals surface area contributed by atoms with E-state index < -0.39 is 36.3 Å². The Hall–Kier alpha value is -6.36. The normalized spacial score (nSPS) is 21.8. The molecule has 0 bridgehead atoms. The number of fused-ring (bicyclic) bond motifs is 5. The van der Waals surface area contributed by atoms with Gasteiger partial charge in [0.2, 0.25) is 18.0 Å². The molecule has 356 valence electrons. The van der Waals surface area contributed by atoms with Gasteiger partial charge in [0.05, 0.1) is 43.1 Å². The van der Waals surface area contributed by atoms with E-state index in [2.05, 4.69) is 33.4 Å². The van der Waals surface area contributed by atoms with Crippen LogP contribution in [0.15, 0.2) is 65.0 Å². The second-order valence-electron chi connectivity index (χ2n) is 19.3. The molecule has 68 heavy (non-hydrogen) atoms. The molecule has 5 aliphatic heterocycles. The second-order valence-corrected chi connectivity index (χ2v) is 20.4. The van der Waals surface area contributed by atoms with Gasteiger partial charge >= 0.3 is 12.2 Å². The molecular weight excluding hydrogens is 888 g/mol. The van der Waals surface area contributed by atoms with E-state index in [4.69, 9.17) is 29.2 Å². The van der Waals surface area contributed by atoms with E-state index in [-0.39, 0.29) is 35.7 Å². The van der Waals surface area contributed by atoms with E-state index in [1.807, 2.05) is 62.0 Å². The molecule has 17 heteroatoms. The highest BCUT2D eigenvalue weighted by atomic mass is 32.1. The number of benzene rings is 2. The number of nitrogens with zero attached hydrogens (tertiary/aromatic N) is 6. The van der Waals surface area contributed by atoms with Crippen molar-refractivity contribution in [2.45, 2.75) is 115 Å². The molecule has 2 aromatic carbocycles. The van der Waals surface area contributed by atoms with Gasteiger partial charge in [-0.2, -0.15) is 0 Å². The number of alkyl carbamates (subject to hydrolysis) is 2. The molecule has 3 fully saturated rings. The number of thiazole rings is 1. The van der Waals surface area contributed by atoms with Crippen LogP contribution in [-0.2, 0) is 19.1 Å². The first-order valence-electron chi connectivity index (χ1n) is 23.7. The standard InChI is InChI=1S/C51H57FN8O7S/c1-26(2)44(56-50(63)65-5)47(61)58-15-7-9-38(58)35-19-32(23-53-35)29-13-14-37-31(17-29)21-40-43-34(52)18-30(22-41(43)67-49(60(37)40)46-55-25-42(68-46)28-11-12-28)33-20-36(54-24-33)39-10-8-16-59(39)48(62)45(27(3)4)57-51(64)66-6/h13-14,17-18,21-28,38-39,44-45,49H,7-12,15-16,19-20H2,1-6H3,(H,56,63)(H,57,64)/t38-,39-,44-,45-,49?/m0/s1. The van der Waals surface area contributed by atoms with Crippen molar-refractivity contribution in [1.29, 1.82) is 0 Å². The van der Waals surface area contributed by atoms with Crippen molar-refractivity contribution in [3.8, 4) is 17.0 Å². The van der Waals surface area contributed by atoms with Gasteiger partial charge in [-0.1, -0.05) is 33.8 Å². The predicted molar refractivity (Wildman–Crippen MR) is 258 cm³/mol. The smallest absolute Gasteiger partial charge is 0.407 e. The number of carbonyl (C=O) groups is 4. The number of nitrogens with one attached hydrogen (secondary N) is 2. The van der Waals surface area contributed by atoms with Crippen LogP contribution in [0.2, 0.25) is 0 Å². The molecule has 10 rings (SSSR count). The van der Waals surface area contributed by atoms with E-state index in [9.17, 15) is 19.2 Å². The Morgan fingerprint density at radius 1 is 0.779 bits per heavy atom. The summed E-state index contributed by atoms with van der Waals surface area (Å²) in [5, 5.41) is 7.14. The number of carbonyl (C=O) groups excluding carboxylic acids is 4. The zero-order valence-corrected chi connectivity index (χ0v) is 40.0. The summed E-state index contributed by atoms with van der Waals surface area (Å²) < 4.78 is 35.5. The number of aliphatic imine (C=N–C) groups is 2. The lowest BCUT2D eigenvalue weighted by atomic mass is 9.95. The van der Waals surface area contributed by atoms with Gasteiger partial charge in [0.1, 0.15) is 23.7 Å². The number of rotatable bonds is 12. The summed E-state index contributed by atoms with van der Waals surface area (Å²) in [6.45, 7) is 8.72. The molecular formula is C51H57FN8O7S. The minimum atomic E-state index is -0.742. The van der Waals surface area contributed by atoms with Crippen molar-refractivity contribution in [2.75, 3.05) is 27.3 Å². The lowest BCUT2D eigenvalue weighted by Crippen LogP contribution is -2.53. The number of allylic oxidation sites excluding steroid dienone is 2. The molecule has 4 aromatic rings. The molecule has 1 saturated carbocycles. The number of halogens is 1. The summed E-state index contributed by atoms with van der Waals surface area (Å²) in [5.74, 6) is -0.0969. The van der Waals surface area contributed by atoms with Crippen molar-refractivity contribution in [2.24, 2.45) is 21.8 Å². The number of hydrogen-bond acceptors (Lipinski definition) is 11. The van der Waals surface area contributed by atoms with Crippen LogP contribution in [0, 0.1) is 17.7 Å². The van der Waals surface area contributed by atoms with E-state index in [0.29, 0.717) is 54.4 Å². The highest BCUT2D eigenvalue weighted by Crippen LogP contribution is 2.50. The lowest BCUT2D eigenvalue weighted by Gasteiger charge is -2.31. The Morgan fingerprint density at radius 2 is 1.37 bits per heavy atom. The number of likely N-dealkylation sites (tertiary alicyclic amines) is 2. The van der Waals surface area contributed by atoms with E-state index >= 15 is 4.39 Å². The van der Waals surface area contributed by atoms with E-state index in [1.165, 1.54) is 19.1 Å². The zero-order chi connectivity index (χ0) is 47.5. The van der Waals surface area contributed by atoms with Crippen LogP contribution in [0.4, 0.5) is 14.0 Å². The first-order valence-corrected chi connectivity index (χ1v) is 24.6. The van der Waals surface area contributed by atoms with Gasteiger partial charge in [-0.15, -0.1) is 11.3 Å². The minimum absolute atomic E-state index is 0.130. The maximum Gasteiger partial charge on any atom is 0.407 e. The Kier molecular flexibility index (Phi) is 12.2. The van der Waals surface area contributed by atoms with Crippen LogP contribution in [0.5, 0.6) is 5.75 Å². The molecule has 2 N–H and O–H groups in total. The van der Waals surface area contributed by atoms with Gasteiger partial charge in [-0.3, -0.25) is 24.1 Å². The van der Waals surface area contributed by atoms with Crippen molar-refractivity contribution >= 4 is 68.8 Å². The Morgan fingerprint density at radius 3 is 1.93 bits per heavy atom. The molecule has 7 heterocycles. The number of amides is 4. The molecule has 15 nitrogen and oxygen atoms in total. The summed E-state index contributed by atoms with van der Waals surface area (Å²) in [6.07, 6.45) is 10.1. The molecule has 1 unspecified atom stereocenters. The second kappa shape index (κ2) is 18.3. The van der Waals surface area contributed by atoms with Crippen molar-refractivity contribution in [3.05, 3.63) is 81.8 Å². The Bertz CT molecular complexity index is 2840. The fourth-order valence-corrected chi connectivity index (χ4v) is 11.6. The molecule has 5 atom stereocenters. The third kappa shape index (κ3) is 8.36. The zero-order valence-electron chi connectivity index (χ0n) is 39.2. The summed E-state index contributed by atoms with van der Waals surface area (Å²) in [5.41, 5.74) is 7.14. The van der Waals surface area contributed by atoms with Crippen molar-refractivity contribution in [1.82, 2.24) is 30.0 Å². The third-order valence-corrected chi connectivity index (χ3v) is 15.4. The van der Waals surface area contributed by atoms with Crippen molar-refractivity contribution < 1.29 is 37.8 Å². The van der Waals surface area contributed by atoms with Gasteiger partial charge in [0.15, 0.2) is 5.01 Å². The fraction of sp³-hybridized carbons (Fsp3) is 0.471.